The van der Waals surface area contributed by atoms with Crippen LogP contribution in [0.1, 0.15) is 38.2 Å². The first-order valence-corrected chi connectivity index (χ1v) is 9.22. The number of benzene rings is 1. The first kappa shape index (κ1) is 20.6. The normalized spacial score (nSPS) is 21.5. The van der Waals surface area contributed by atoms with E-state index >= 15 is 0 Å². The van der Waals surface area contributed by atoms with Crippen LogP contribution >= 0.6 is 0 Å². The Morgan fingerprint density at radius 3 is 2.46 bits per heavy atom. The van der Waals surface area contributed by atoms with Gasteiger partial charge in [-0.25, -0.2) is 0 Å². The molecule has 7 heteroatoms. The van der Waals surface area contributed by atoms with Gasteiger partial charge < -0.3 is 15.4 Å². The highest BCUT2D eigenvalue weighted by Crippen LogP contribution is 2.37. The number of rotatable bonds is 7. The number of hydrogen-bond donors (Lipinski definition) is 2. The van der Waals surface area contributed by atoms with E-state index in [4.69, 9.17) is 4.74 Å². The first-order chi connectivity index (χ1) is 12.5. The Bertz CT molecular complexity index is 541. The van der Waals surface area contributed by atoms with E-state index in [1.807, 2.05) is 37.3 Å². The fourth-order valence-corrected chi connectivity index (χ4v) is 3.06. The SMILES string of the molecule is CCNC(=NCCOCc1ccccc1)NC1CCC(C(F)(F)F)CC1. The molecule has 1 aliphatic carbocycles. The van der Waals surface area contributed by atoms with Gasteiger partial charge in [0.2, 0.25) is 0 Å². The summed E-state index contributed by atoms with van der Waals surface area (Å²) in [5.74, 6) is -0.516. The van der Waals surface area contributed by atoms with E-state index in [0.717, 1.165) is 5.56 Å². The maximum Gasteiger partial charge on any atom is 0.391 e. The number of alkyl halides is 3. The van der Waals surface area contributed by atoms with E-state index < -0.39 is 12.1 Å². The van der Waals surface area contributed by atoms with Gasteiger partial charge in [0, 0.05) is 12.6 Å². The van der Waals surface area contributed by atoms with E-state index in [1.165, 1.54) is 0 Å². The van der Waals surface area contributed by atoms with Crippen molar-refractivity contribution in [2.45, 2.75) is 51.4 Å². The predicted molar refractivity (Wildman–Crippen MR) is 97.0 cm³/mol. The Morgan fingerprint density at radius 2 is 1.85 bits per heavy atom. The molecule has 0 aromatic heterocycles. The highest BCUT2D eigenvalue weighted by atomic mass is 19.4. The van der Waals surface area contributed by atoms with Crippen LogP contribution in [0.2, 0.25) is 0 Å². The van der Waals surface area contributed by atoms with Gasteiger partial charge >= 0.3 is 6.18 Å². The van der Waals surface area contributed by atoms with Crippen molar-refractivity contribution < 1.29 is 17.9 Å². The lowest BCUT2D eigenvalue weighted by atomic mass is 9.85. The predicted octanol–water partition coefficient (Wildman–Crippen LogP) is 3.88. The topological polar surface area (TPSA) is 45.7 Å². The van der Waals surface area contributed by atoms with Gasteiger partial charge in [-0.15, -0.1) is 0 Å². The van der Waals surface area contributed by atoms with E-state index in [9.17, 15) is 13.2 Å². The molecule has 1 aromatic carbocycles. The number of halogens is 3. The minimum Gasteiger partial charge on any atom is -0.375 e. The molecule has 0 unspecified atom stereocenters. The summed E-state index contributed by atoms with van der Waals surface area (Å²) >= 11 is 0. The van der Waals surface area contributed by atoms with Crippen LogP contribution in [-0.2, 0) is 11.3 Å². The Balaban J connectivity index is 1.71. The third-order valence-corrected chi connectivity index (χ3v) is 4.49. The summed E-state index contributed by atoms with van der Waals surface area (Å²) in [6.07, 6.45) is -2.68. The lowest BCUT2D eigenvalue weighted by Gasteiger charge is -2.31. The number of guanidine groups is 1. The average Bonchev–Trinajstić information content (AvgIpc) is 2.62. The fraction of sp³-hybridized carbons (Fsp3) is 0.632. The standard InChI is InChI=1S/C19H28F3N3O/c1-2-23-18(24-12-13-26-14-15-6-4-3-5-7-15)25-17-10-8-16(9-11-17)19(20,21)22/h3-7,16-17H,2,8-14H2,1H3,(H2,23,24,25). The molecule has 26 heavy (non-hydrogen) atoms. The minimum atomic E-state index is -4.07. The summed E-state index contributed by atoms with van der Waals surface area (Å²) in [6.45, 7) is 4.20. The zero-order valence-electron chi connectivity index (χ0n) is 15.2. The monoisotopic (exact) mass is 371 g/mol. The summed E-state index contributed by atoms with van der Waals surface area (Å²) < 4.78 is 43.8. The summed E-state index contributed by atoms with van der Waals surface area (Å²) in [5, 5.41) is 6.39. The Morgan fingerprint density at radius 1 is 1.15 bits per heavy atom. The third kappa shape index (κ3) is 7.23. The Hall–Kier alpha value is -1.76. The van der Waals surface area contributed by atoms with E-state index in [2.05, 4.69) is 15.6 Å². The molecule has 0 aliphatic heterocycles. The van der Waals surface area contributed by atoms with Gasteiger partial charge in [-0.2, -0.15) is 13.2 Å². The third-order valence-electron chi connectivity index (χ3n) is 4.49. The molecule has 2 rings (SSSR count). The molecule has 4 nitrogen and oxygen atoms in total. The molecule has 1 aromatic rings. The van der Waals surface area contributed by atoms with Crippen LogP contribution in [0.25, 0.3) is 0 Å². The van der Waals surface area contributed by atoms with Crippen LogP contribution in [0.5, 0.6) is 0 Å². The van der Waals surface area contributed by atoms with Gasteiger partial charge in [-0.3, -0.25) is 4.99 Å². The molecule has 2 N–H and O–H groups in total. The molecule has 0 bridgehead atoms. The van der Waals surface area contributed by atoms with E-state index in [-0.39, 0.29) is 18.9 Å². The summed E-state index contributed by atoms with van der Waals surface area (Å²) in [6, 6.07) is 9.95. The van der Waals surface area contributed by atoms with Crippen molar-refractivity contribution >= 4 is 5.96 Å². The molecule has 0 radical (unpaired) electrons. The van der Waals surface area contributed by atoms with Crippen LogP contribution in [0, 0.1) is 5.92 Å². The van der Waals surface area contributed by atoms with Gasteiger partial charge in [0.1, 0.15) is 0 Å². The average molecular weight is 371 g/mol. The van der Waals surface area contributed by atoms with Crippen molar-refractivity contribution in [3.05, 3.63) is 35.9 Å². The maximum absolute atomic E-state index is 12.7. The molecular formula is C19H28F3N3O. The summed E-state index contributed by atoms with van der Waals surface area (Å²) in [5.41, 5.74) is 1.11. The number of nitrogens with zero attached hydrogens (tertiary/aromatic N) is 1. The number of nitrogens with one attached hydrogen (secondary N) is 2. The van der Waals surface area contributed by atoms with Crippen LogP contribution in [0.3, 0.4) is 0 Å². The molecule has 0 atom stereocenters. The van der Waals surface area contributed by atoms with Crippen molar-refractivity contribution in [3.8, 4) is 0 Å². The number of hydrogen-bond acceptors (Lipinski definition) is 2. The van der Waals surface area contributed by atoms with Crippen LogP contribution in [0.4, 0.5) is 13.2 Å². The smallest absolute Gasteiger partial charge is 0.375 e. The maximum atomic E-state index is 12.7. The second-order valence-electron chi connectivity index (χ2n) is 6.53. The second kappa shape index (κ2) is 10.4. The van der Waals surface area contributed by atoms with Crippen molar-refractivity contribution in [3.63, 3.8) is 0 Å². The molecule has 0 amide bonds. The molecular weight excluding hydrogens is 343 g/mol. The molecule has 146 valence electrons. The highest BCUT2D eigenvalue weighted by Gasteiger charge is 2.41. The molecule has 1 saturated carbocycles. The number of ether oxygens (including phenoxy) is 1. The molecule has 0 spiro atoms. The van der Waals surface area contributed by atoms with Gasteiger partial charge in [0.15, 0.2) is 5.96 Å². The zero-order chi connectivity index (χ0) is 18.8. The Labute approximate surface area is 153 Å². The molecule has 1 fully saturated rings. The second-order valence-corrected chi connectivity index (χ2v) is 6.53. The van der Waals surface area contributed by atoms with Crippen LogP contribution < -0.4 is 10.6 Å². The zero-order valence-corrected chi connectivity index (χ0v) is 15.2. The van der Waals surface area contributed by atoms with Crippen molar-refractivity contribution in [1.82, 2.24) is 10.6 Å². The van der Waals surface area contributed by atoms with E-state index in [0.29, 0.717) is 45.1 Å². The quantitative estimate of drug-likeness (QED) is 0.434. The van der Waals surface area contributed by atoms with Crippen LogP contribution in [0.15, 0.2) is 35.3 Å². The summed E-state index contributed by atoms with van der Waals surface area (Å²) in [7, 11) is 0. The largest absolute Gasteiger partial charge is 0.391 e. The van der Waals surface area contributed by atoms with Gasteiger partial charge in [-0.05, 0) is 38.2 Å². The lowest BCUT2D eigenvalue weighted by Crippen LogP contribution is -2.46. The molecule has 1 aliphatic rings. The summed E-state index contributed by atoms with van der Waals surface area (Å²) in [4.78, 5) is 4.45. The minimum absolute atomic E-state index is 0.0386. The Kier molecular flexibility index (Phi) is 8.22. The first-order valence-electron chi connectivity index (χ1n) is 9.22. The van der Waals surface area contributed by atoms with Crippen molar-refractivity contribution in [2.75, 3.05) is 19.7 Å². The lowest BCUT2D eigenvalue weighted by molar-refractivity contribution is -0.182. The highest BCUT2D eigenvalue weighted by molar-refractivity contribution is 5.80. The molecule has 0 saturated heterocycles. The number of aliphatic imine (C=N–C) groups is 1. The molecule has 0 heterocycles. The van der Waals surface area contributed by atoms with Crippen molar-refractivity contribution in [2.24, 2.45) is 10.9 Å². The van der Waals surface area contributed by atoms with Crippen molar-refractivity contribution in [1.29, 1.82) is 0 Å². The van der Waals surface area contributed by atoms with Gasteiger partial charge in [0.05, 0.1) is 25.7 Å². The van der Waals surface area contributed by atoms with Gasteiger partial charge in [0.25, 0.3) is 0 Å². The fourth-order valence-electron chi connectivity index (χ4n) is 3.06. The van der Waals surface area contributed by atoms with Crippen LogP contribution in [-0.4, -0.2) is 37.9 Å². The van der Waals surface area contributed by atoms with E-state index in [1.54, 1.807) is 0 Å². The van der Waals surface area contributed by atoms with Gasteiger partial charge in [-0.1, -0.05) is 30.3 Å².